The Morgan fingerprint density at radius 1 is 0.404 bits per heavy atom. The van der Waals surface area contributed by atoms with Crippen molar-refractivity contribution in [2.24, 2.45) is 50.5 Å². The summed E-state index contributed by atoms with van der Waals surface area (Å²) >= 11 is 17.0. The molecule has 0 amide bonds. The van der Waals surface area contributed by atoms with Gasteiger partial charge in [-0.05, 0) is 213 Å². The number of carboxylic acid groups (broad SMARTS) is 1. The van der Waals surface area contributed by atoms with E-state index in [1.165, 1.54) is 58.3 Å². The first-order valence-corrected chi connectivity index (χ1v) is 46.7. The number of methoxy groups -OCH3 is 3. The van der Waals surface area contributed by atoms with Gasteiger partial charge in [-0.25, -0.2) is 59.0 Å². The second-order valence-electron chi connectivity index (χ2n) is 38.0. The normalized spacial score (nSPS) is 18.1. The summed E-state index contributed by atoms with van der Waals surface area (Å²) in [5.74, 6) is -1.02. The second-order valence-corrected chi connectivity index (χ2v) is 39.1. The lowest BCUT2D eigenvalue weighted by Gasteiger charge is -2.32. The van der Waals surface area contributed by atoms with Crippen molar-refractivity contribution in [1.29, 1.82) is 0 Å². The fourth-order valence-corrected chi connectivity index (χ4v) is 17.1. The molecule has 0 saturated heterocycles. The van der Waals surface area contributed by atoms with Crippen molar-refractivity contribution < 1.29 is 76.6 Å². The molecule has 4 aliphatic rings. The Morgan fingerprint density at radius 3 is 1.07 bits per heavy atom. The summed E-state index contributed by atoms with van der Waals surface area (Å²) in [5, 5.41) is 29.5. The van der Waals surface area contributed by atoms with Gasteiger partial charge in [-0.3, -0.25) is 19.2 Å². The van der Waals surface area contributed by atoms with Crippen LogP contribution in [-0.4, -0.2) is 174 Å². The van der Waals surface area contributed by atoms with Crippen LogP contribution in [0.25, 0.3) is 32.7 Å². The predicted molar refractivity (Wildman–Crippen MR) is 530 cm³/mol. The molecular weight excluding hydrogens is 1800 g/mol. The molecule has 0 unspecified atom stereocenters. The minimum atomic E-state index is -1.16. The molecule has 0 spiro atoms. The number of aromatic nitrogens is 11. The Kier molecular flexibility index (Phi) is 40.3. The fraction of sp³-hybridized carbons (Fsp3) is 0.515. The highest BCUT2D eigenvalue weighted by atomic mass is 35.5. The molecule has 14 rings (SSSR count). The van der Waals surface area contributed by atoms with Crippen molar-refractivity contribution in [2.75, 3.05) is 53.6 Å². The Morgan fingerprint density at radius 2 is 0.713 bits per heavy atom. The van der Waals surface area contributed by atoms with E-state index < -0.39 is 40.7 Å². The lowest BCUT2D eigenvalue weighted by molar-refractivity contribution is -0.157. The highest BCUT2D eigenvalue weighted by molar-refractivity contribution is 6.34. The number of aromatic carboxylic acids is 1. The number of nitrogens with one attached hydrogen (secondary N) is 5. The number of nitrogens with two attached hydrogens (primary N) is 2. The number of ether oxygens (including phenoxy) is 7. The molecule has 0 aliphatic heterocycles. The maximum absolute atomic E-state index is 12.5. The molecule has 738 valence electrons. The van der Waals surface area contributed by atoms with Crippen LogP contribution >= 0.6 is 34.8 Å². The number of carbonyl (C=O) groups excluding carboxylic acids is 7. The third-order valence-electron chi connectivity index (χ3n) is 22.7. The highest BCUT2D eigenvalue weighted by Gasteiger charge is 2.35. The molecular formula is C99H135Cl3N18O16. The third-order valence-corrected chi connectivity index (χ3v) is 23.4. The molecule has 7 aromatic heterocycles. The van der Waals surface area contributed by atoms with Crippen LogP contribution in [0, 0.1) is 23.7 Å². The van der Waals surface area contributed by atoms with Gasteiger partial charge in [0.05, 0.1) is 65.4 Å². The Hall–Kier alpha value is -12.0. The first kappa shape index (κ1) is 109. The predicted octanol–water partition coefficient (Wildman–Crippen LogP) is 20.1. The SMILES string of the molecule is C.CC(C)(C)OC(=O)C[C@H]1CCCC[C@H]1N.COC(=O)c1ncc(Cl)nc1Cl.COC(=O)c1ncc(N[C@@H]2CCCC[C@@H]2CC(=O)OC(C)(C)C)nc1Cl.COC(=O)c1ncc(N[C@@H]2CCCC[C@@H]2CC(=O)OC(C)(C)C)nc1Nc1cccc2c1ccn2C.Cn1ccc2c(N)cccc21.Cn1ccc2c(Nc3nc(N[C@@H]4CCCC[C@@H]4CC(=O)OC(C)(C)C)cnc3C(=O)O)cccc21. The molecule has 10 aromatic rings. The van der Waals surface area contributed by atoms with E-state index in [9.17, 15) is 43.5 Å². The first-order chi connectivity index (χ1) is 63.8. The smallest absolute Gasteiger partial charge is 0.360 e. The Bertz CT molecular complexity index is 5720. The topological polar surface area (TPSA) is 451 Å². The standard InChI is InChI=1S/C27H35N5O4.C26H33N5O4.C18H26ClN3O4.C12H23NO2.C9H10N2.C6H4Cl2N2O2.CH4/c1-27(2,3)36-23(33)15-17-9-6-7-10-19(17)29-22-16-28-24(26(34)35-5)25(31-22)30-20-11-8-12-21-18(20)13-14-32(21)4;1-26(2,3)35-22(32)14-16-8-5-6-9-18(16)28-21-15-27-23(25(33)34)24(30-21)29-19-10-7-11-20-17(19)12-13-31(20)4;1-18(2,3)26-14(23)9-11-7-5-6-8-12(11)21-13-10-20-15(16(19)22-13)17(24)25-4;1-12(2,3)15-11(14)8-9-6-4-5-7-10(9)13;1-11-6-5-7-8(10)3-2-4-9(7)11;1-12-6(11)4-5(8)10-3(7)2-9-4;/h8,11-14,16-17,19H,6-7,9-10,15H2,1-5H3,(H2,29,30,31);7,10-13,15-16,18H,5-6,8-9,14H2,1-4H3,(H,33,34)(H2,28,29,30);10-12H,5-9H2,1-4H3,(H,21,22);9-10H,4-8,13H2,1-3H3;2-6H,10H2,1H3;2H,1H3;1H4/t17-,19-;16-,18-;11-,12-;9-,10-;;;/m1111.../s1. The molecule has 34 nitrogen and oxygen atoms in total. The number of carboxylic acids is 1. The van der Waals surface area contributed by atoms with Crippen LogP contribution in [0.2, 0.25) is 15.5 Å². The van der Waals surface area contributed by atoms with Gasteiger partial charge in [-0.2, -0.15) is 0 Å². The number of hydrogen-bond acceptors (Lipinski definition) is 30. The number of rotatable bonds is 22. The number of nitrogens with zero attached hydrogens (tertiary/aromatic N) is 11. The van der Waals surface area contributed by atoms with Crippen LogP contribution in [-0.2, 0) is 73.5 Å². The maximum atomic E-state index is 12.5. The zero-order valence-corrected chi connectivity index (χ0v) is 82.8. The molecule has 8 atom stereocenters. The molecule has 4 fully saturated rings. The Balaban J connectivity index is 0.000000211. The monoisotopic (exact) mass is 1940 g/mol. The highest BCUT2D eigenvalue weighted by Crippen LogP contribution is 2.38. The quantitative estimate of drug-likeness (QED) is 0.0177. The number of carbonyl (C=O) groups is 8. The second kappa shape index (κ2) is 50.2. The van der Waals surface area contributed by atoms with Gasteiger partial charge in [-0.15, -0.1) is 0 Å². The van der Waals surface area contributed by atoms with Gasteiger partial charge < -0.3 is 90.0 Å². The number of hydrogen-bond donors (Lipinski definition) is 8. The summed E-state index contributed by atoms with van der Waals surface area (Å²) in [7, 11) is 9.76. The molecule has 4 saturated carbocycles. The lowest BCUT2D eigenvalue weighted by atomic mass is 9.82. The summed E-state index contributed by atoms with van der Waals surface area (Å²) < 4.78 is 41.9. The maximum Gasteiger partial charge on any atom is 0.360 e. The average Bonchev–Trinajstić information content (AvgIpc) is 1.63. The fourth-order valence-electron chi connectivity index (χ4n) is 16.5. The molecule has 4 aliphatic carbocycles. The number of fused-ring (bicyclic) bond motifs is 3. The average molecular weight is 1940 g/mol. The van der Waals surface area contributed by atoms with Gasteiger partial charge in [0, 0.05) is 120 Å². The van der Waals surface area contributed by atoms with E-state index in [0.717, 1.165) is 134 Å². The molecule has 3 aromatic carbocycles. The molecule has 10 N–H and O–H groups in total. The molecule has 136 heavy (non-hydrogen) atoms. The number of aryl methyl sites for hydroxylation is 3. The van der Waals surface area contributed by atoms with Crippen molar-refractivity contribution in [3.05, 3.63) is 154 Å². The van der Waals surface area contributed by atoms with E-state index in [0.29, 0.717) is 54.9 Å². The summed E-state index contributed by atoms with van der Waals surface area (Å²) in [5.41, 5.74) is 15.4. The summed E-state index contributed by atoms with van der Waals surface area (Å²) in [4.78, 5) is 129. The van der Waals surface area contributed by atoms with Gasteiger partial charge >= 0.3 is 47.8 Å². The molecule has 37 heteroatoms. The number of benzene rings is 3. The zero-order chi connectivity index (χ0) is 98.8. The minimum absolute atomic E-state index is 0. The number of halogens is 3. The molecule has 0 bridgehead atoms. The van der Waals surface area contributed by atoms with E-state index in [2.05, 4.69) is 81.6 Å². The van der Waals surface area contributed by atoms with Gasteiger partial charge in [0.1, 0.15) is 45.0 Å². The van der Waals surface area contributed by atoms with Crippen LogP contribution in [0.1, 0.15) is 261 Å². The van der Waals surface area contributed by atoms with E-state index in [4.69, 9.17) is 74.9 Å². The van der Waals surface area contributed by atoms with Crippen molar-refractivity contribution in [1.82, 2.24) is 53.6 Å². The van der Waals surface area contributed by atoms with Crippen molar-refractivity contribution in [3.63, 3.8) is 0 Å². The number of esters is 7. The van der Waals surface area contributed by atoms with E-state index in [1.807, 2.05) is 199 Å². The first-order valence-electron chi connectivity index (χ1n) is 45.5. The van der Waals surface area contributed by atoms with Crippen LogP contribution in [0.4, 0.5) is 46.2 Å². The Labute approximate surface area is 811 Å². The number of nitrogen functional groups attached to an aromatic ring is 1. The third kappa shape index (κ3) is 33.5. The summed E-state index contributed by atoms with van der Waals surface area (Å²) in [6.45, 7) is 22.5. The largest absolute Gasteiger partial charge is 0.476 e. The van der Waals surface area contributed by atoms with E-state index >= 15 is 0 Å². The van der Waals surface area contributed by atoms with Crippen LogP contribution in [0.15, 0.2) is 116 Å². The zero-order valence-electron chi connectivity index (χ0n) is 80.5. The lowest BCUT2D eigenvalue weighted by Crippen LogP contribution is -2.36. The van der Waals surface area contributed by atoms with Gasteiger partial charge in [-0.1, -0.05) is 112 Å². The van der Waals surface area contributed by atoms with Crippen molar-refractivity contribution in [2.45, 2.75) is 265 Å². The summed E-state index contributed by atoms with van der Waals surface area (Å²) in [6.07, 6.45) is 29.6. The number of anilines is 8. The minimum Gasteiger partial charge on any atom is -0.476 e. The van der Waals surface area contributed by atoms with Gasteiger partial charge in [0.15, 0.2) is 44.7 Å². The van der Waals surface area contributed by atoms with Crippen LogP contribution < -0.4 is 38.1 Å². The van der Waals surface area contributed by atoms with Crippen molar-refractivity contribution in [3.8, 4) is 0 Å². The van der Waals surface area contributed by atoms with Gasteiger partial charge in [0.2, 0.25) is 0 Å². The molecule has 7 heterocycles. The molecule has 0 radical (unpaired) electrons. The van der Waals surface area contributed by atoms with Crippen LogP contribution in [0.3, 0.4) is 0 Å². The van der Waals surface area contributed by atoms with Gasteiger partial charge in [0.25, 0.3) is 0 Å². The van der Waals surface area contributed by atoms with Crippen LogP contribution in [0.5, 0.6) is 0 Å². The van der Waals surface area contributed by atoms with E-state index in [-0.39, 0.29) is 123 Å². The van der Waals surface area contributed by atoms with E-state index in [1.54, 1.807) is 6.20 Å². The summed E-state index contributed by atoms with van der Waals surface area (Å²) in [6, 6.07) is 24.0. The van der Waals surface area contributed by atoms with Crippen molar-refractivity contribution >= 4 is 161 Å².